The Bertz CT molecular complexity index is 226. The van der Waals surface area contributed by atoms with E-state index < -0.39 is 19.8 Å². The maximum absolute atomic E-state index is 10.5. The Morgan fingerprint density at radius 1 is 1.57 bits per heavy atom. The number of hydrogen-bond donors (Lipinski definition) is 4. The molecule has 14 heavy (non-hydrogen) atoms. The van der Waals surface area contributed by atoms with E-state index in [1.54, 1.807) is 6.92 Å². The number of aliphatic carboxylic acids is 1. The van der Waals surface area contributed by atoms with Gasteiger partial charge in [-0.25, -0.2) is 4.57 Å². The zero-order valence-electron chi connectivity index (χ0n) is 7.71. The van der Waals surface area contributed by atoms with E-state index in [2.05, 4.69) is 9.84 Å². The van der Waals surface area contributed by atoms with Gasteiger partial charge in [0.2, 0.25) is 0 Å². The predicted octanol–water partition coefficient (Wildman–Crippen LogP) is -0.452. The Morgan fingerprint density at radius 3 is 2.50 bits per heavy atom. The molecule has 84 valence electrons. The number of phosphoric acid groups is 1. The van der Waals surface area contributed by atoms with Gasteiger partial charge in [-0.05, 0) is 6.42 Å². The third kappa shape index (κ3) is 6.99. The summed E-state index contributed by atoms with van der Waals surface area (Å²) in [5, 5.41) is 11.1. The summed E-state index contributed by atoms with van der Waals surface area (Å²) in [6.07, 6.45) is 0.394. The fraction of sp³-hybridized carbons (Fsp3) is 0.833. The third-order valence-electron chi connectivity index (χ3n) is 1.46. The number of rotatable bonds is 7. The van der Waals surface area contributed by atoms with Crippen LogP contribution < -0.4 is 5.32 Å². The molecule has 0 radical (unpaired) electrons. The van der Waals surface area contributed by atoms with Crippen molar-refractivity contribution in [3.8, 4) is 0 Å². The molecule has 0 aliphatic rings. The maximum atomic E-state index is 10.5. The fourth-order valence-electron chi connectivity index (χ4n) is 0.804. The summed E-state index contributed by atoms with van der Waals surface area (Å²) < 4.78 is 14.3. The highest BCUT2D eigenvalue weighted by atomic mass is 31.2. The van der Waals surface area contributed by atoms with E-state index in [1.807, 2.05) is 0 Å². The number of phosphoric ester groups is 1. The van der Waals surface area contributed by atoms with Gasteiger partial charge in [0.25, 0.3) is 0 Å². The van der Waals surface area contributed by atoms with Crippen LogP contribution in [0.5, 0.6) is 0 Å². The summed E-state index contributed by atoms with van der Waals surface area (Å²) >= 11 is 0. The van der Waals surface area contributed by atoms with Crippen LogP contribution in [-0.4, -0.2) is 40.1 Å². The van der Waals surface area contributed by atoms with E-state index >= 15 is 0 Å². The first-order valence-electron chi connectivity index (χ1n) is 4.03. The van der Waals surface area contributed by atoms with Crippen LogP contribution in [0, 0.1) is 0 Å². The normalized spacial score (nSPS) is 13.9. The number of nitrogens with one attached hydrogen (secondary N) is 1. The first-order valence-corrected chi connectivity index (χ1v) is 5.56. The molecule has 0 amide bonds. The van der Waals surface area contributed by atoms with Gasteiger partial charge in [-0.2, -0.15) is 0 Å². The number of carbonyl (C=O) groups is 1. The lowest BCUT2D eigenvalue weighted by Gasteiger charge is -2.12. The van der Waals surface area contributed by atoms with Gasteiger partial charge in [-0.15, -0.1) is 0 Å². The molecule has 0 aromatic heterocycles. The molecular weight excluding hydrogens is 213 g/mol. The van der Waals surface area contributed by atoms with E-state index in [0.717, 1.165) is 0 Å². The van der Waals surface area contributed by atoms with Gasteiger partial charge in [0, 0.05) is 6.54 Å². The summed E-state index contributed by atoms with van der Waals surface area (Å²) in [7, 11) is -4.45. The van der Waals surface area contributed by atoms with Crippen molar-refractivity contribution in [2.75, 3.05) is 13.2 Å². The fourth-order valence-corrected chi connectivity index (χ4v) is 1.13. The van der Waals surface area contributed by atoms with Crippen LogP contribution >= 0.6 is 7.82 Å². The first kappa shape index (κ1) is 13.5. The average molecular weight is 227 g/mol. The van der Waals surface area contributed by atoms with Crippen molar-refractivity contribution in [1.29, 1.82) is 0 Å². The zero-order chi connectivity index (χ0) is 11.2. The number of hydrogen-bond acceptors (Lipinski definition) is 4. The molecule has 0 saturated carbocycles. The Labute approximate surface area is 81.3 Å². The minimum absolute atomic E-state index is 0.0793. The molecule has 0 aliphatic carbocycles. The summed E-state index contributed by atoms with van der Waals surface area (Å²) in [6.45, 7) is 1.54. The molecule has 0 aromatic carbocycles. The number of carboxylic acids is 1. The van der Waals surface area contributed by atoms with Gasteiger partial charge >= 0.3 is 13.8 Å². The minimum Gasteiger partial charge on any atom is -0.480 e. The van der Waals surface area contributed by atoms with Crippen molar-refractivity contribution in [3.05, 3.63) is 0 Å². The Hall–Kier alpha value is -0.460. The summed E-state index contributed by atoms with van der Waals surface area (Å²) in [6, 6.07) is -0.713. The average Bonchev–Trinajstić information content (AvgIpc) is 2.01. The lowest BCUT2D eigenvalue weighted by Crippen LogP contribution is -2.37. The van der Waals surface area contributed by atoms with Crippen LogP contribution in [-0.2, 0) is 13.9 Å². The highest BCUT2D eigenvalue weighted by Crippen LogP contribution is 2.35. The quantitative estimate of drug-likeness (QED) is 0.343. The second-order valence-corrected chi connectivity index (χ2v) is 3.82. The van der Waals surface area contributed by atoms with Crippen LogP contribution in [0.2, 0.25) is 0 Å². The molecule has 1 unspecified atom stereocenters. The van der Waals surface area contributed by atoms with Crippen molar-refractivity contribution >= 4 is 13.8 Å². The standard InChI is InChI=1S/C6H14NO6P/c1-2-5(6(8)9)7-3-4-13-14(10,11)12/h5,7H,2-4H2,1H3,(H,8,9)(H2,10,11,12). The monoisotopic (exact) mass is 227 g/mol. The topological polar surface area (TPSA) is 116 Å². The Balaban J connectivity index is 3.63. The van der Waals surface area contributed by atoms with Crippen LogP contribution in [0.15, 0.2) is 0 Å². The van der Waals surface area contributed by atoms with E-state index in [4.69, 9.17) is 14.9 Å². The van der Waals surface area contributed by atoms with E-state index in [9.17, 15) is 9.36 Å². The molecule has 0 heterocycles. The summed E-state index contributed by atoms with van der Waals surface area (Å²) in [5.74, 6) is -0.997. The van der Waals surface area contributed by atoms with Crippen molar-refractivity contribution in [2.24, 2.45) is 0 Å². The van der Waals surface area contributed by atoms with Crippen molar-refractivity contribution in [3.63, 3.8) is 0 Å². The third-order valence-corrected chi connectivity index (χ3v) is 1.98. The maximum Gasteiger partial charge on any atom is 0.469 e. The van der Waals surface area contributed by atoms with Gasteiger partial charge in [0.15, 0.2) is 0 Å². The lowest BCUT2D eigenvalue weighted by molar-refractivity contribution is -0.139. The van der Waals surface area contributed by atoms with Gasteiger partial charge < -0.3 is 20.2 Å². The zero-order valence-corrected chi connectivity index (χ0v) is 8.61. The predicted molar refractivity (Wildman–Crippen MR) is 47.7 cm³/mol. The molecule has 0 aliphatic heterocycles. The molecule has 0 aromatic rings. The number of carboxylic acid groups (broad SMARTS) is 1. The van der Waals surface area contributed by atoms with Gasteiger partial charge in [-0.1, -0.05) is 6.92 Å². The highest BCUT2D eigenvalue weighted by molar-refractivity contribution is 7.46. The molecule has 8 heteroatoms. The van der Waals surface area contributed by atoms with Crippen LogP contribution in [0.1, 0.15) is 13.3 Å². The first-order chi connectivity index (χ1) is 6.37. The summed E-state index contributed by atoms with van der Waals surface area (Å²) in [4.78, 5) is 27.1. The smallest absolute Gasteiger partial charge is 0.469 e. The van der Waals surface area contributed by atoms with E-state index in [0.29, 0.717) is 6.42 Å². The van der Waals surface area contributed by atoms with Crippen molar-refractivity contribution in [2.45, 2.75) is 19.4 Å². The molecule has 0 bridgehead atoms. The van der Waals surface area contributed by atoms with Gasteiger partial charge in [0.05, 0.1) is 6.61 Å². The molecule has 1 atom stereocenters. The highest BCUT2D eigenvalue weighted by Gasteiger charge is 2.16. The molecule has 0 spiro atoms. The van der Waals surface area contributed by atoms with Crippen LogP contribution in [0.4, 0.5) is 0 Å². The lowest BCUT2D eigenvalue weighted by atomic mass is 10.2. The minimum atomic E-state index is -4.45. The summed E-state index contributed by atoms with van der Waals surface area (Å²) in [5.41, 5.74) is 0. The largest absolute Gasteiger partial charge is 0.480 e. The SMILES string of the molecule is CCC(NCCOP(=O)(O)O)C(=O)O. The molecule has 7 nitrogen and oxygen atoms in total. The van der Waals surface area contributed by atoms with Crippen LogP contribution in [0.25, 0.3) is 0 Å². The second kappa shape index (κ2) is 6.10. The van der Waals surface area contributed by atoms with Crippen molar-refractivity contribution < 1.29 is 28.8 Å². The van der Waals surface area contributed by atoms with E-state index in [1.165, 1.54) is 0 Å². The Morgan fingerprint density at radius 2 is 2.14 bits per heavy atom. The second-order valence-electron chi connectivity index (χ2n) is 2.58. The van der Waals surface area contributed by atoms with Gasteiger partial charge in [0.1, 0.15) is 6.04 Å². The molecule has 0 saturated heterocycles. The Kier molecular flexibility index (Phi) is 5.90. The van der Waals surface area contributed by atoms with E-state index in [-0.39, 0.29) is 13.2 Å². The molecular formula is C6H14NO6P. The molecule has 0 rings (SSSR count). The molecule has 4 N–H and O–H groups in total. The molecule has 0 fully saturated rings. The van der Waals surface area contributed by atoms with Gasteiger partial charge in [-0.3, -0.25) is 9.32 Å². The van der Waals surface area contributed by atoms with Crippen LogP contribution in [0.3, 0.4) is 0 Å². The van der Waals surface area contributed by atoms with Crippen molar-refractivity contribution in [1.82, 2.24) is 5.32 Å².